The van der Waals surface area contributed by atoms with Crippen LogP contribution >= 0.6 is 23.2 Å². The highest BCUT2D eigenvalue weighted by atomic mass is 35.5. The van der Waals surface area contributed by atoms with E-state index < -0.39 is 4.87 Å². The molecule has 0 N–H and O–H groups in total. The Morgan fingerprint density at radius 1 is 0.857 bits per heavy atom. The lowest BCUT2D eigenvalue weighted by atomic mass is 9.85. The number of methoxy groups -OCH3 is 2. The van der Waals surface area contributed by atoms with Crippen molar-refractivity contribution in [3.63, 3.8) is 0 Å². The van der Waals surface area contributed by atoms with Crippen molar-refractivity contribution in [2.24, 2.45) is 5.41 Å². The fourth-order valence-corrected chi connectivity index (χ4v) is 1.22. The van der Waals surface area contributed by atoms with E-state index in [1.54, 1.807) is 6.92 Å². The molecule has 0 fully saturated rings. The van der Waals surface area contributed by atoms with E-state index in [0.717, 1.165) is 12.8 Å². The van der Waals surface area contributed by atoms with Crippen molar-refractivity contribution in [2.45, 2.75) is 58.8 Å². The van der Waals surface area contributed by atoms with Crippen LogP contribution in [0.2, 0.25) is 0 Å². The van der Waals surface area contributed by atoms with Crippen molar-refractivity contribution < 1.29 is 19.1 Å². The fraction of sp³-hybridized carbons (Fsp3) is 0.867. The molecule has 0 rings (SSSR count). The molecule has 0 saturated carbocycles. The number of alkyl halides is 2. The predicted molar refractivity (Wildman–Crippen MR) is 89.0 cm³/mol. The predicted octanol–water partition coefficient (Wildman–Crippen LogP) is 4.41. The third-order valence-corrected chi connectivity index (χ3v) is 3.94. The van der Waals surface area contributed by atoms with Gasteiger partial charge in [-0.3, -0.25) is 9.59 Å². The standard InChI is InChI=1S/C8H16O2.C6H11ClO2.CH3Cl/c1-5-8(3,6-2)7(9)10-4;1-4-6(2,7)5(8)9-3;1-2/h5-6H2,1-4H3;4H2,1-3H3;1H3. The first-order valence-corrected chi connectivity index (χ1v) is 8.02. The van der Waals surface area contributed by atoms with Crippen molar-refractivity contribution in [1.29, 1.82) is 0 Å². The van der Waals surface area contributed by atoms with Crippen LogP contribution in [0.15, 0.2) is 0 Å². The van der Waals surface area contributed by atoms with Crippen LogP contribution in [-0.4, -0.2) is 37.4 Å². The quantitative estimate of drug-likeness (QED) is 0.547. The van der Waals surface area contributed by atoms with Crippen LogP contribution < -0.4 is 0 Å². The van der Waals surface area contributed by atoms with Gasteiger partial charge < -0.3 is 9.47 Å². The van der Waals surface area contributed by atoms with Crippen LogP contribution in [0.5, 0.6) is 0 Å². The molecule has 0 aliphatic rings. The average Bonchev–Trinajstić information content (AvgIpc) is 2.54. The zero-order chi connectivity index (χ0) is 17.7. The lowest BCUT2D eigenvalue weighted by Crippen LogP contribution is -2.28. The van der Waals surface area contributed by atoms with E-state index in [2.05, 4.69) is 21.1 Å². The molecular weight excluding hydrogens is 315 g/mol. The highest BCUT2D eigenvalue weighted by molar-refractivity contribution is 6.33. The average molecular weight is 345 g/mol. The van der Waals surface area contributed by atoms with Gasteiger partial charge in [-0.25, -0.2) is 0 Å². The maximum Gasteiger partial charge on any atom is 0.326 e. The summed E-state index contributed by atoms with van der Waals surface area (Å²) < 4.78 is 9.09. The smallest absolute Gasteiger partial charge is 0.326 e. The molecule has 6 heteroatoms. The van der Waals surface area contributed by atoms with Gasteiger partial charge in [0.05, 0.1) is 19.6 Å². The second kappa shape index (κ2) is 13.2. The molecule has 21 heavy (non-hydrogen) atoms. The van der Waals surface area contributed by atoms with E-state index in [4.69, 9.17) is 11.6 Å². The first kappa shape index (κ1) is 25.5. The molecule has 0 heterocycles. The molecule has 0 spiro atoms. The molecule has 0 amide bonds. The van der Waals surface area contributed by atoms with E-state index >= 15 is 0 Å². The van der Waals surface area contributed by atoms with E-state index in [0.29, 0.717) is 6.42 Å². The minimum Gasteiger partial charge on any atom is -0.469 e. The number of carbonyl (C=O) groups excluding carboxylic acids is 2. The molecule has 0 bridgehead atoms. The van der Waals surface area contributed by atoms with Crippen molar-refractivity contribution in [2.75, 3.05) is 20.6 Å². The summed E-state index contributed by atoms with van der Waals surface area (Å²) in [5, 5.41) is 0. The molecule has 0 aromatic rings. The first-order valence-electron chi connectivity index (χ1n) is 6.88. The van der Waals surface area contributed by atoms with Gasteiger partial charge in [0, 0.05) is 6.38 Å². The van der Waals surface area contributed by atoms with Gasteiger partial charge in [0.1, 0.15) is 4.87 Å². The third-order valence-electron chi connectivity index (χ3n) is 3.51. The SMILES string of the molecule is CCC(C)(CC)C(=O)OC.CCC(C)(Cl)C(=O)OC.CCl. The van der Waals surface area contributed by atoms with E-state index in [9.17, 15) is 9.59 Å². The zero-order valence-electron chi connectivity index (χ0n) is 14.5. The summed E-state index contributed by atoms with van der Waals surface area (Å²) in [7, 11) is 2.77. The Bertz CT molecular complexity index is 287. The van der Waals surface area contributed by atoms with Crippen LogP contribution in [0.25, 0.3) is 0 Å². The van der Waals surface area contributed by atoms with Crippen LogP contribution in [0.1, 0.15) is 53.9 Å². The molecule has 4 nitrogen and oxygen atoms in total. The minimum absolute atomic E-state index is 0.0995. The number of hydrogen-bond acceptors (Lipinski definition) is 4. The summed E-state index contributed by atoms with van der Waals surface area (Å²) in [6, 6.07) is 0. The fourth-order valence-electron chi connectivity index (χ4n) is 1.14. The summed E-state index contributed by atoms with van der Waals surface area (Å²) in [4.78, 5) is 20.9. The lowest BCUT2D eigenvalue weighted by molar-refractivity contribution is -0.152. The first-order chi connectivity index (χ1) is 9.64. The number of carbonyl (C=O) groups is 2. The zero-order valence-corrected chi connectivity index (χ0v) is 16.0. The molecular formula is C15H30Cl2O4. The largest absolute Gasteiger partial charge is 0.469 e. The lowest BCUT2D eigenvalue weighted by Gasteiger charge is -2.22. The van der Waals surface area contributed by atoms with Crippen LogP contribution in [0.4, 0.5) is 0 Å². The van der Waals surface area contributed by atoms with Crippen molar-refractivity contribution in [1.82, 2.24) is 0 Å². The molecule has 0 aliphatic carbocycles. The molecule has 0 aromatic heterocycles. The summed E-state index contributed by atoms with van der Waals surface area (Å²) in [6.45, 7) is 9.41. The molecule has 128 valence electrons. The number of rotatable bonds is 5. The molecule has 1 unspecified atom stereocenters. The van der Waals surface area contributed by atoms with Gasteiger partial charge in [-0.1, -0.05) is 20.8 Å². The Balaban J connectivity index is -0.000000277. The highest BCUT2D eigenvalue weighted by Gasteiger charge is 2.30. The van der Waals surface area contributed by atoms with Gasteiger partial charge in [0.2, 0.25) is 0 Å². The summed E-state index contributed by atoms with van der Waals surface area (Å²) in [5.74, 6) is -0.468. The molecule has 0 radical (unpaired) electrons. The Hall–Kier alpha value is -0.480. The van der Waals surface area contributed by atoms with Gasteiger partial charge in [-0.15, -0.1) is 23.2 Å². The Morgan fingerprint density at radius 2 is 1.19 bits per heavy atom. The number of esters is 2. The van der Waals surface area contributed by atoms with Crippen LogP contribution in [-0.2, 0) is 19.1 Å². The molecule has 0 aliphatic heterocycles. The number of halogens is 2. The topological polar surface area (TPSA) is 52.6 Å². The molecule has 0 aromatic carbocycles. The monoisotopic (exact) mass is 344 g/mol. The second-order valence-electron chi connectivity index (χ2n) is 4.80. The molecule has 1 atom stereocenters. The Kier molecular flexibility index (Phi) is 16.0. The summed E-state index contributed by atoms with van der Waals surface area (Å²) in [6.07, 6.45) is 3.74. The van der Waals surface area contributed by atoms with Crippen LogP contribution in [0.3, 0.4) is 0 Å². The highest BCUT2D eigenvalue weighted by Crippen LogP contribution is 2.26. The van der Waals surface area contributed by atoms with Gasteiger partial charge in [-0.2, -0.15) is 0 Å². The van der Waals surface area contributed by atoms with Gasteiger partial charge >= 0.3 is 11.9 Å². The number of hydrogen-bond donors (Lipinski definition) is 0. The second-order valence-corrected chi connectivity index (χ2v) is 5.64. The van der Waals surface area contributed by atoms with Gasteiger partial charge in [-0.05, 0) is 33.1 Å². The Labute approximate surface area is 139 Å². The maximum atomic E-state index is 11.1. The summed E-state index contributed by atoms with van der Waals surface area (Å²) in [5.41, 5.74) is -0.269. The van der Waals surface area contributed by atoms with E-state index in [1.165, 1.54) is 20.6 Å². The normalized spacial score (nSPS) is 12.7. The van der Waals surface area contributed by atoms with Crippen molar-refractivity contribution >= 4 is 35.1 Å². The minimum atomic E-state index is -0.839. The molecule has 0 saturated heterocycles. The van der Waals surface area contributed by atoms with Crippen LogP contribution in [0, 0.1) is 5.41 Å². The van der Waals surface area contributed by atoms with Gasteiger partial charge in [0.25, 0.3) is 0 Å². The summed E-state index contributed by atoms with van der Waals surface area (Å²) >= 11 is 10.3. The third kappa shape index (κ3) is 9.97. The van der Waals surface area contributed by atoms with Crippen molar-refractivity contribution in [3.8, 4) is 0 Å². The number of ether oxygens (including phenoxy) is 2. The van der Waals surface area contributed by atoms with Gasteiger partial charge in [0.15, 0.2) is 0 Å². The maximum absolute atomic E-state index is 11.1. The van der Waals surface area contributed by atoms with Crippen molar-refractivity contribution in [3.05, 3.63) is 0 Å². The Morgan fingerprint density at radius 3 is 1.29 bits per heavy atom. The van der Waals surface area contributed by atoms with E-state index in [1.807, 2.05) is 27.7 Å². The van der Waals surface area contributed by atoms with E-state index in [-0.39, 0.29) is 17.4 Å².